The molecule has 9 nitrogen and oxygen atoms in total. The molecule has 4 rings (SSSR count). The van der Waals surface area contributed by atoms with Gasteiger partial charge in [-0.3, -0.25) is 14.3 Å². The van der Waals surface area contributed by atoms with E-state index < -0.39 is 35.4 Å². The van der Waals surface area contributed by atoms with Crippen LogP contribution in [-0.2, 0) is 18.0 Å². The van der Waals surface area contributed by atoms with Gasteiger partial charge in [0.1, 0.15) is 23.4 Å². The van der Waals surface area contributed by atoms with Gasteiger partial charge in [-0.2, -0.15) is 18.3 Å². The van der Waals surface area contributed by atoms with E-state index in [0.29, 0.717) is 18.9 Å². The summed E-state index contributed by atoms with van der Waals surface area (Å²) in [5, 5.41) is 6.72. The van der Waals surface area contributed by atoms with Crippen LogP contribution in [0.5, 0.6) is 17.2 Å². The molecular weight excluding hydrogens is 505 g/mol. The van der Waals surface area contributed by atoms with Crippen LogP contribution in [0.3, 0.4) is 0 Å². The fraction of sp³-hybridized carbons (Fsp3) is 0.346. The molecule has 1 N–H and O–H groups in total. The van der Waals surface area contributed by atoms with Crippen molar-refractivity contribution >= 4 is 17.6 Å². The molecule has 2 aromatic carbocycles. The third-order valence-electron chi connectivity index (χ3n) is 5.74. The summed E-state index contributed by atoms with van der Waals surface area (Å²) < 4.78 is 59.9. The standard InChI is InChI=1S/C26H27F3N4O5/c1-16(15-36-3)37-19-11-18(24(34)30-23-7-10-32(2)31-23)12-20(14-19)38-22-6-5-17(13-21(22)26(27,28)29)25(35)33-8-4-9-33/h5-7,10-14,16H,4,8-9,15H2,1-3H3,(H,30,31,34). The molecule has 2 amide bonds. The van der Waals surface area contributed by atoms with Gasteiger partial charge >= 0.3 is 6.18 Å². The zero-order chi connectivity index (χ0) is 27.4. The van der Waals surface area contributed by atoms with Crippen LogP contribution in [0.2, 0.25) is 0 Å². The molecule has 0 saturated carbocycles. The van der Waals surface area contributed by atoms with Crippen LogP contribution in [-0.4, -0.2) is 59.4 Å². The van der Waals surface area contributed by atoms with Gasteiger partial charge in [-0.1, -0.05) is 0 Å². The molecule has 0 spiro atoms. The maximum Gasteiger partial charge on any atom is 0.420 e. The first-order valence-corrected chi connectivity index (χ1v) is 11.8. The predicted octanol–water partition coefficient (Wildman–Crippen LogP) is 4.74. The fourth-order valence-electron chi connectivity index (χ4n) is 3.80. The number of aromatic nitrogens is 2. The summed E-state index contributed by atoms with van der Waals surface area (Å²) in [5.74, 6) is -1.13. The molecule has 0 radical (unpaired) electrons. The number of nitrogens with one attached hydrogen (secondary N) is 1. The van der Waals surface area contributed by atoms with Gasteiger partial charge < -0.3 is 24.4 Å². The average molecular weight is 533 g/mol. The van der Waals surface area contributed by atoms with Gasteiger partial charge in [0.15, 0.2) is 5.82 Å². The van der Waals surface area contributed by atoms with E-state index in [-0.39, 0.29) is 29.2 Å². The van der Waals surface area contributed by atoms with E-state index in [1.807, 2.05) is 0 Å². The summed E-state index contributed by atoms with van der Waals surface area (Å²) in [6, 6.07) is 8.89. The van der Waals surface area contributed by atoms with Crippen LogP contribution in [0.25, 0.3) is 0 Å². The normalized spacial score (nSPS) is 14.0. The molecule has 1 fully saturated rings. The molecule has 1 atom stereocenters. The van der Waals surface area contributed by atoms with Crippen molar-refractivity contribution in [2.45, 2.75) is 25.6 Å². The molecule has 1 saturated heterocycles. The molecule has 1 unspecified atom stereocenters. The van der Waals surface area contributed by atoms with Gasteiger partial charge in [-0.25, -0.2) is 0 Å². The molecule has 38 heavy (non-hydrogen) atoms. The molecule has 1 aliphatic heterocycles. The number of nitrogens with zero attached hydrogens (tertiary/aromatic N) is 3. The molecule has 1 aliphatic rings. The summed E-state index contributed by atoms with van der Waals surface area (Å²) in [4.78, 5) is 26.9. The highest BCUT2D eigenvalue weighted by atomic mass is 19.4. The molecule has 3 aromatic rings. The summed E-state index contributed by atoms with van der Waals surface area (Å²) >= 11 is 0. The maximum absolute atomic E-state index is 14.0. The van der Waals surface area contributed by atoms with Gasteiger partial charge in [-0.15, -0.1) is 0 Å². The first-order chi connectivity index (χ1) is 18.0. The number of amides is 2. The SMILES string of the molecule is COCC(C)Oc1cc(Oc2ccc(C(=O)N3CCC3)cc2C(F)(F)F)cc(C(=O)Nc2ccn(C)n2)c1. The number of alkyl halides is 3. The van der Waals surface area contributed by atoms with Gasteiger partial charge in [0, 0.05) is 56.7 Å². The zero-order valence-electron chi connectivity index (χ0n) is 21.0. The van der Waals surface area contributed by atoms with Crippen molar-refractivity contribution in [1.29, 1.82) is 0 Å². The van der Waals surface area contributed by atoms with Gasteiger partial charge in [0.25, 0.3) is 11.8 Å². The largest absolute Gasteiger partial charge is 0.488 e. The number of carbonyl (C=O) groups excluding carboxylic acids is 2. The third-order valence-corrected chi connectivity index (χ3v) is 5.74. The summed E-state index contributed by atoms with van der Waals surface area (Å²) in [6.07, 6.45) is -2.75. The highest BCUT2D eigenvalue weighted by Gasteiger charge is 2.36. The summed E-state index contributed by atoms with van der Waals surface area (Å²) in [7, 11) is 3.19. The summed E-state index contributed by atoms with van der Waals surface area (Å²) in [5.41, 5.74) is -1.11. The van der Waals surface area contributed by atoms with Crippen molar-refractivity contribution in [3.63, 3.8) is 0 Å². The first-order valence-electron chi connectivity index (χ1n) is 11.8. The van der Waals surface area contributed by atoms with Crippen molar-refractivity contribution in [1.82, 2.24) is 14.7 Å². The Labute approximate surface area is 217 Å². The number of methoxy groups -OCH3 is 1. The van der Waals surface area contributed by atoms with Gasteiger partial charge in [0.2, 0.25) is 0 Å². The molecule has 0 bridgehead atoms. The molecule has 12 heteroatoms. The highest BCUT2D eigenvalue weighted by Crippen LogP contribution is 2.40. The molecule has 1 aromatic heterocycles. The third kappa shape index (κ3) is 6.43. The molecule has 202 valence electrons. The van der Waals surface area contributed by atoms with Crippen LogP contribution in [0.4, 0.5) is 19.0 Å². The number of hydrogen-bond acceptors (Lipinski definition) is 6. The Morgan fingerprint density at radius 3 is 2.42 bits per heavy atom. The minimum absolute atomic E-state index is 0.0643. The van der Waals surface area contributed by atoms with E-state index in [1.165, 1.54) is 41.0 Å². The number of ether oxygens (including phenoxy) is 3. The number of halogens is 3. The maximum atomic E-state index is 14.0. The first kappa shape index (κ1) is 27.0. The van der Waals surface area contributed by atoms with Crippen LogP contribution in [0.1, 0.15) is 39.6 Å². The second-order valence-corrected chi connectivity index (χ2v) is 8.86. The lowest BCUT2D eigenvalue weighted by molar-refractivity contribution is -0.138. The lowest BCUT2D eigenvalue weighted by Gasteiger charge is -2.31. The van der Waals surface area contributed by atoms with Crippen LogP contribution in [0, 0.1) is 0 Å². The lowest BCUT2D eigenvalue weighted by atomic mass is 10.1. The van der Waals surface area contributed by atoms with Crippen LogP contribution in [0.15, 0.2) is 48.7 Å². The summed E-state index contributed by atoms with van der Waals surface area (Å²) in [6.45, 7) is 3.00. The monoisotopic (exact) mass is 532 g/mol. The number of hydrogen-bond donors (Lipinski definition) is 1. The number of benzene rings is 2. The van der Waals surface area contributed by atoms with Crippen molar-refractivity contribution in [3.05, 3.63) is 65.4 Å². The van der Waals surface area contributed by atoms with E-state index in [9.17, 15) is 22.8 Å². The topological polar surface area (TPSA) is 94.9 Å². The quantitative estimate of drug-likeness (QED) is 0.428. The Bertz CT molecular complexity index is 1320. The van der Waals surface area contributed by atoms with E-state index in [0.717, 1.165) is 18.6 Å². The fourth-order valence-corrected chi connectivity index (χ4v) is 3.80. The van der Waals surface area contributed by atoms with E-state index in [4.69, 9.17) is 14.2 Å². The minimum Gasteiger partial charge on any atom is -0.488 e. The highest BCUT2D eigenvalue weighted by molar-refractivity contribution is 6.04. The molecule has 0 aliphatic carbocycles. The second kappa shape index (κ2) is 11.1. The second-order valence-electron chi connectivity index (χ2n) is 8.86. The Morgan fingerprint density at radius 2 is 1.82 bits per heavy atom. The lowest BCUT2D eigenvalue weighted by Crippen LogP contribution is -2.42. The van der Waals surface area contributed by atoms with Crippen molar-refractivity contribution in [2.24, 2.45) is 7.05 Å². The minimum atomic E-state index is -4.79. The van der Waals surface area contributed by atoms with Crippen molar-refractivity contribution < 1.29 is 37.0 Å². The number of anilines is 1. The number of likely N-dealkylation sites (tertiary alicyclic amines) is 1. The van der Waals surface area contributed by atoms with Crippen molar-refractivity contribution in [3.8, 4) is 17.2 Å². The number of aryl methyl sites for hydroxylation is 1. The molecular formula is C26H27F3N4O5. The van der Waals surface area contributed by atoms with Gasteiger partial charge in [-0.05, 0) is 43.7 Å². The molecule has 2 heterocycles. The smallest absolute Gasteiger partial charge is 0.420 e. The Balaban J connectivity index is 1.67. The Morgan fingerprint density at radius 1 is 1.08 bits per heavy atom. The van der Waals surface area contributed by atoms with E-state index >= 15 is 0 Å². The average Bonchev–Trinajstić information content (AvgIpc) is 3.21. The van der Waals surface area contributed by atoms with E-state index in [2.05, 4.69) is 10.4 Å². The van der Waals surface area contributed by atoms with Crippen molar-refractivity contribution in [2.75, 3.05) is 32.1 Å². The number of carbonyl (C=O) groups is 2. The van der Waals surface area contributed by atoms with Gasteiger partial charge in [0.05, 0.1) is 12.2 Å². The predicted molar refractivity (Wildman–Crippen MR) is 132 cm³/mol. The van der Waals surface area contributed by atoms with Crippen LogP contribution >= 0.6 is 0 Å². The van der Waals surface area contributed by atoms with E-state index in [1.54, 1.807) is 26.2 Å². The Kier molecular flexibility index (Phi) is 7.91. The van der Waals surface area contributed by atoms with Crippen LogP contribution < -0.4 is 14.8 Å². The Hall–Kier alpha value is -4.06. The number of rotatable bonds is 9. The zero-order valence-corrected chi connectivity index (χ0v) is 21.0.